The van der Waals surface area contributed by atoms with E-state index in [-0.39, 0.29) is 6.03 Å². The highest BCUT2D eigenvalue weighted by atomic mass is 16.5. The molecule has 0 spiro atoms. The van der Waals surface area contributed by atoms with Crippen LogP contribution in [0.25, 0.3) is 0 Å². The molecule has 1 aromatic carbocycles. The van der Waals surface area contributed by atoms with Gasteiger partial charge in [-0.05, 0) is 56.6 Å². The molecule has 5 aliphatic heterocycles. The molecule has 5 fully saturated rings. The summed E-state index contributed by atoms with van der Waals surface area (Å²) in [5.74, 6) is 1.96. The summed E-state index contributed by atoms with van der Waals surface area (Å²) in [4.78, 5) is 22.8. The van der Waals surface area contributed by atoms with E-state index in [1.54, 1.807) is 7.11 Å². The normalized spacial score (nSPS) is 35.1. The van der Waals surface area contributed by atoms with Crippen LogP contribution >= 0.6 is 0 Å². The number of piperazine rings is 1. The molecule has 5 heterocycles. The Hall–Kier alpha value is -1.79. The van der Waals surface area contributed by atoms with Crippen LogP contribution in [-0.4, -0.2) is 97.7 Å². The molecule has 5 saturated heterocycles. The smallest absolute Gasteiger partial charge is 0.320 e. The van der Waals surface area contributed by atoms with Gasteiger partial charge in [0.1, 0.15) is 5.75 Å². The van der Waals surface area contributed by atoms with Crippen LogP contribution < -0.4 is 4.74 Å². The first-order valence-corrected chi connectivity index (χ1v) is 10.8. The molecule has 5 aliphatic rings. The van der Waals surface area contributed by atoms with Crippen molar-refractivity contribution in [3.05, 3.63) is 29.8 Å². The first-order valence-electron chi connectivity index (χ1n) is 10.8. The van der Waals surface area contributed by atoms with Crippen molar-refractivity contribution in [2.24, 2.45) is 5.92 Å². The summed E-state index contributed by atoms with van der Waals surface area (Å²) in [6.07, 6.45) is 2.48. The highest BCUT2D eigenvalue weighted by Crippen LogP contribution is 2.47. The molecule has 2 bridgehead atoms. The number of hydrogen-bond acceptors (Lipinski definition) is 4. The second-order valence-corrected chi connectivity index (χ2v) is 8.96. The zero-order valence-electron chi connectivity index (χ0n) is 17.1. The van der Waals surface area contributed by atoms with E-state index in [1.165, 1.54) is 31.5 Å². The van der Waals surface area contributed by atoms with Gasteiger partial charge in [0, 0.05) is 44.7 Å². The number of urea groups is 1. The Labute approximate surface area is 168 Å². The van der Waals surface area contributed by atoms with E-state index in [9.17, 15) is 4.79 Å². The van der Waals surface area contributed by atoms with E-state index < -0.39 is 0 Å². The fourth-order valence-electron chi connectivity index (χ4n) is 5.97. The quantitative estimate of drug-likeness (QED) is 0.781. The summed E-state index contributed by atoms with van der Waals surface area (Å²) >= 11 is 0. The number of piperidine rings is 3. The molecular formula is C22H32N4O2. The van der Waals surface area contributed by atoms with Gasteiger partial charge in [-0.15, -0.1) is 0 Å². The first kappa shape index (κ1) is 18.3. The van der Waals surface area contributed by atoms with Crippen molar-refractivity contribution in [1.29, 1.82) is 0 Å². The van der Waals surface area contributed by atoms with Gasteiger partial charge in [0.05, 0.1) is 13.2 Å². The van der Waals surface area contributed by atoms with Crippen LogP contribution in [0.2, 0.25) is 0 Å². The first-order chi connectivity index (χ1) is 13.7. The Kier molecular flexibility index (Phi) is 4.71. The van der Waals surface area contributed by atoms with E-state index in [1.807, 2.05) is 0 Å². The molecule has 3 atom stereocenters. The van der Waals surface area contributed by atoms with Gasteiger partial charge >= 0.3 is 6.03 Å². The van der Waals surface area contributed by atoms with Crippen molar-refractivity contribution in [2.75, 3.05) is 60.0 Å². The van der Waals surface area contributed by atoms with Crippen molar-refractivity contribution >= 4 is 6.03 Å². The van der Waals surface area contributed by atoms with Crippen LogP contribution in [0.1, 0.15) is 24.3 Å². The lowest BCUT2D eigenvalue weighted by molar-refractivity contribution is -0.00190. The summed E-state index contributed by atoms with van der Waals surface area (Å²) in [7, 11) is 3.85. The third-order valence-electron chi connectivity index (χ3n) is 7.56. The van der Waals surface area contributed by atoms with Gasteiger partial charge in [-0.1, -0.05) is 12.1 Å². The lowest BCUT2D eigenvalue weighted by Crippen LogP contribution is -2.62. The number of likely N-dealkylation sites (tertiary alicyclic amines) is 1. The number of rotatable bonds is 2. The number of nitrogens with zero attached hydrogens (tertiary/aromatic N) is 4. The molecule has 28 heavy (non-hydrogen) atoms. The summed E-state index contributed by atoms with van der Waals surface area (Å²) in [5.41, 5.74) is 1.34. The van der Waals surface area contributed by atoms with Gasteiger partial charge in [0.25, 0.3) is 0 Å². The maximum Gasteiger partial charge on any atom is 0.320 e. The van der Waals surface area contributed by atoms with Crippen molar-refractivity contribution in [1.82, 2.24) is 19.6 Å². The number of ether oxygens (including phenoxy) is 1. The molecule has 1 aromatic rings. The summed E-state index contributed by atoms with van der Waals surface area (Å²) in [5, 5.41) is 0. The Morgan fingerprint density at radius 1 is 0.964 bits per heavy atom. The maximum absolute atomic E-state index is 13.5. The molecule has 0 unspecified atom stereocenters. The predicted molar refractivity (Wildman–Crippen MR) is 109 cm³/mol. The number of hydrogen-bond donors (Lipinski definition) is 0. The van der Waals surface area contributed by atoms with Crippen LogP contribution in [0.3, 0.4) is 0 Å². The van der Waals surface area contributed by atoms with Crippen LogP contribution in [-0.2, 0) is 0 Å². The monoisotopic (exact) mass is 384 g/mol. The average Bonchev–Trinajstić information content (AvgIpc) is 3.17. The fourth-order valence-corrected chi connectivity index (χ4v) is 5.97. The summed E-state index contributed by atoms with van der Waals surface area (Å²) < 4.78 is 5.35. The van der Waals surface area contributed by atoms with Crippen molar-refractivity contribution in [3.8, 4) is 5.75 Å². The highest BCUT2D eigenvalue weighted by Gasteiger charge is 2.55. The minimum absolute atomic E-state index is 0.271. The summed E-state index contributed by atoms with van der Waals surface area (Å²) in [6, 6.07) is 9.64. The highest BCUT2D eigenvalue weighted by molar-refractivity contribution is 5.76. The maximum atomic E-state index is 13.5. The molecule has 2 amide bonds. The molecule has 152 valence electrons. The van der Waals surface area contributed by atoms with Crippen LogP contribution in [0.5, 0.6) is 5.75 Å². The van der Waals surface area contributed by atoms with Gasteiger partial charge in [0.2, 0.25) is 0 Å². The van der Waals surface area contributed by atoms with E-state index in [4.69, 9.17) is 4.74 Å². The van der Waals surface area contributed by atoms with E-state index in [0.29, 0.717) is 23.9 Å². The van der Waals surface area contributed by atoms with E-state index in [2.05, 4.69) is 50.9 Å². The number of carbonyl (C=O) groups excluding carboxylic acids is 1. The molecule has 6 nitrogen and oxygen atoms in total. The van der Waals surface area contributed by atoms with Gasteiger partial charge in [-0.25, -0.2) is 4.79 Å². The Morgan fingerprint density at radius 3 is 2.29 bits per heavy atom. The minimum atomic E-state index is 0.271. The Bertz CT molecular complexity index is 708. The average molecular weight is 385 g/mol. The van der Waals surface area contributed by atoms with Crippen molar-refractivity contribution in [2.45, 2.75) is 30.8 Å². The van der Waals surface area contributed by atoms with E-state index in [0.717, 1.165) is 38.5 Å². The summed E-state index contributed by atoms with van der Waals surface area (Å²) in [6.45, 7) is 6.88. The standard InChI is InChI=1S/C22H32N4O2/c1-23-11-13-25(14-12-23)22(27)26-15-19(16-3-5-18(28-2)6-4-16)21-20(26)17-7-9-24(21)10-8-17/h3-6,17,19-21H,7-15H2,1-2H3/t19-,20+,21+/m0/s1. The third-order valence-corrected chi connectivity index (χ3v) is 7.56. The lowest BCUT2D eigenvalue weighted by Gasteiger charge is -2.51. The lowest BCUT2D eigenvalue weighted by atomic mass is 9.75. The Morgan fingerprint density at radius 2 is 1.64 bits per heavy atom. The third kappa shape index (κ3) is 2.98. The predicted octanol–water partition coefficient (Wildman–Crippen LogP) is 1.92. The van der Waals surface area contributed by atoms with Crippen LogP contribution in [0.4, 0.5) is 4.79 Å². The molecular weight excluding hydrogens is 352 g/mol. The number of likely N-dealkylation sites (N-methyl/N-ethyl adjacent to an activating group) is 1. The van der Waals surface area contributed by atoms with Gasteiger partial charge < -0.3 is 19.4 Å². The van der Waals surface area contributed by atoms with Gasteiger partial charge in [-0.3, -0.25) is 4.90 Å². The minimum Gasteiger partial charge on any atom is -0.497 e. The Balaban J connectivity index is 1.42. The number of fused-ring (bicyclic) bond motifs is 2. The molecule has 0 N–H and O–H groups in total. The molecule has 0 radical (unpaired) electrons. The largest absolute Gasteiger partial charge is 0.497 e. The second kappa shape index (κ2) is 7.23. The number of benzene rings is 1. The fraction of sp³-hybridized carbons (Fsp3) is 0.682. The van der Waals surface area contributed by atoms with E-state index >= 15 is 0 Å². The number of methoxy groups -OCH3 is 1. The zero-order chi connectivity index (χ0) is 19.3. The van der Waals surface area contributed by atoms with Crippen molar-refractivity contribution < 1.29 is 9.53 Å². The molecule has 0 aliphatic carbocycles. The van der Waals surface area contributed by atoms with Gasteiger partial charge in [0.15, 0.2) is 0 Å². The van der Waals surface area contributed by atoms with Crippen LogP contribution in [0, 0.1) is 5.92 Å². The number of amides is 2. The van der Waals surface area contributed by atoms with Gasteiger partial charge in [-0.2, -0.15) is 0 Å². The topological polar surface area (TPSA) is 39.3 Å². The molecule has 0 saturated carbocycles. The van der Waals surface area contributed by atoms with Crippen LogP contribution in [0.15, 0.2) is 24.3 Å². The number of carbonyl (C=O) groups is 1. The molecule has 6 heteroatoms. The molecule has 6 rings (SSSR count). The zero-order valence-corrected chi connectivity index (χ0v) is 17.1. The second-order valence-electron chi connectivity index (χ2n) is 8.96. The van der Waals surface area contributed by atoms with Crippen molar-refractivity contribution in [3.63, 3.8) is 0 Å². The SMILES string of the molecule is COc1ccc([C@@H]2CN(C(=O)N3CCN(C)CC3)[C@@H]3C4CCN(CC4)[C@@H]32)cc1. The molecule has 0 aromatic heterocycles.